The first kappa shape index (κ1) is 16.2. The number of nitrogens with zero attached hydrogens (tertiary/aromatic N) is 2. The number of benzene rings is 2. The van der Waals surface area contributed by atoms with E-state index in [-0.39, 0.29) is 11.8 Å². The lowest BCUT2D eigenvalue weighted by Gasteiger charge is -2.37. The number of para-hydroxylation sites is 1. The molecule has 1 aliphatic rings. The van der Waals surface area contributed by atoms with Crippen LogP contribution in [0.2, 0.25) is 5.02 Å². The zero-order valence-electron chi connectivity index (χ0n) is 13.5. The highest BCUT2D eigenvalue weighted by molar-refractivity contribution is 7.22. The number of halogens is 1. The van der Waals surface area contributed by atoms with Gasteiger partial charge in [-0.3, -0.25) is 4.79 Å². The maximum atomic E-state index is 12.3. The number of nitrogens with one attached hydrogen (secondary N) is 1. The Bertz CT molecular complexity index is 937. The van der Waals surface area contributed by atoms with Crippen LogP contribution in [0, 0.1) is 5.92 Å². The number of hydrogen-bond acceptors (Lipinski definition) is 5. The number of hydrogen-bond donors (Lipinski definition) is 1. The second kappa shape index (κ2) is 6.54. The molecule has 2 aromatic carbocycles. The maximum Gasteiger partial charge on any atom is 0.231 e. The first-order valence-electron chi connectivity index (χ1n) is 7.89. The molecule has 3 aromatic rings. The van der Waals surface area contributed by atoms with E-state index >= 15 is 0 Å². The van der Waals surface area contributed by atoms with Crippen LogP contribution in [0.3, 0.4) is 0 Å². The van der Waals surface area contributed by atoms with E-state index in [2.05, 4.69) is 15.2 Å². The zero-order valence-corrected chi connectivity index (χ0v) is 15.1. The van der Waals surface area contributed by atoms with Crippen LogP contribution in [-0.2, 0) is 4.79 Å². The van der Waals surface area contributed by atoms with Crippen LogP contribution in [0.15, 0.2) is 42.5 Å². The number of rotatable bonds is 4. The van der Waals surface area contributed by atoms with Gasteiger partial charge in [-0.25, -0.2) is 4.98 Å². The number of aromatic nitrogens is 1. The normalized spacial score (nSPS) is 14.4. The number of carbonyl (C=O) groups excluding carboxylic acids is 1. The molecular formula is C18H16ClN3O2S. The minimum atomic E-state index is -0.0483. The fourth-order valence-electron chi connectivity index (χ4n) is 2.82. The number of thiazole rings is 1. The predicted molar refractivity (Wildman–Crippen MR) is 102 cm³/mol. The van der Waals surface area contributed by atoms with Crippen LogP contribution in [-0.4, -0.2) is 31.1 Å². The van der Waals surface area contributed by atoms with Crippen LogP contribution in [0.25, 0.3) is 10.2 Å². The van der Waals surface area contributed by atoms with Gasteiger partial charge in [0.2, 0.25) is 5.91 Å². The number of fused-ring (bicyclic) bond motifs is 1. The molecule has 1 amide bonds. The van der Waals surface area contributed by atoms with Crippen LogP contribution < -0.4 is 15.0 Å². The van der Waals surface area contributed by atoms with E-state index in [0.717, 1.165) is 26.8 Å². The highest BCUT2D eigenvalue weighted by Gasteiger charge is 2.34. The van der Waals surface area contributed by atoms with Crippen molar-refractivity contribution in [1.82, 2.24) is 4.98 Å². The first-order chi connectivity index (χ1) is 12.1. The Labute approximate surface area is 154 Å². The molecule has 1 aromatic heterocycles. The summed E-state index contributed by atoms with van der Waals surface area (Å²) in [7, 11) is 1.65. The Balaban J connectivity index is 1.42. The average molecular weight is 374 g/mol. The molecule has 0 spiro atoms. The number of ether oxygens (including phenoxy) is 1. The summed E-state index contributed by atoms with van der Waals surface area (Å²) in [5.74, 6) is 0.737. The van der Waals surface area contributed by atoms with Gasteiger partial charge in [0, 0.05) is 23.8 Å². The third kappa shape index (κ3) is 3.15. The molecule has 0 atom stereocenters. The molecule has 7 heteroatoms. The quantitative estimate of drug-likeness (QED) is 0.750. The van der Waals surface area contributed by atoms with Crippen LogP contribution in [0.4, 0.5) is 10.8 Å². The Morgan fingerprint density at radius 3 is 2.88 bits per heavy atom. The van der Waals surface area contributed by atoms with E-state index in [4.69, 9.17) is 16.3 Å². The topological polar surface area (TPSA) is 54.5 Å². The summed E-state index contributed by atoms with van der Waals surface area (Å²) in [4.78, 5) is 19.1. The maximum absolute atomic E-state index is 12.3. The van der Waals surface area contributed by atoms with Gasteiger partial charge >= 0.3 is 0 Å². The van der Waals surface area contributed by atoms with Crippen molar-refractivity contribution >= 4 is 49.9 Å². The monoisotopic (exact) mass is 373 g/mol. The molecule has 0 radical (unpaired) electrons. The zero-order chi connectivity index (χ0) is 17.4. The largest absolute Gasteiger partial charge is 0.494 e. The van der Waals surface area contributed by atoms with Crippen molar-refractivity contribution in [3.8, 4) is 5.75 Å². The Hall–Kier alpha value is -2.31. The molecule has 0 aliphatic carbocycles. The summed E-state index contributed by atoms with van der Waals surface area (Å²) >= 11 is 7.56. The molecule has 1 fully saturated rings. The highest BCUT2D eigenvalue weighted by atomic mass is 35.5. The SMILES string of the molecule is COc1cccc2sc(N3CC(C(=O)Nc4cccc(Cl)c4)C3)nc12. The summed E-state index contributed by atoms with van der Waals surface area (Å²) in [5, 5.41) is 4.44. The van der Waals surface area contributed by atoms with E-state index in [1.54, 1.807) is 30.6 Å². The molecule has 1 N–H and O–H groups in total. The fraction of sp³-hybridized carbons (Fsp3) is 0.222. The molecule has 0 saturated carbocycles. The van der Waals surface area contributed by atoms with Crippen molar-refractivity contribution in [2.24, 2.45) is 5.92 Å². The number of amides is 1. The number of anilines is 2. The van der Waals surface area contributed by atoms with Gasteiger partial charge in [-0.1, -0.05) is 35.1 Å². The minimum absolute atomic E-state index is 0.0113. The molecule has 128 valence electrons. The molecule has 2 heterocycles. The molecule has 1 saturated heterocycles. The smallest absolute Gasteiger partial charge is 0.231 e. The van der Waals surface area contributed by atoms with Crippen molar-refractivity contribution in [3.63, 3.8) is 0 Å². The first-order valence-corrected chi connectivity index (χ1v) is 9.08. The van der Waals surface area contributed by atoms with Gasteiger partial charge in [-0.15, -0.1) is 0 Å². The number of carbonyl (C=O) groups is 1. The fourth-order valence-corrected chi connectivity index (χ4v) is 4.01. The molecule has 5 nitrogen and oxygen atoms in total. The second-order valence-corrected chi connectivity index (χ2v) is 7.35. The summed E-state index contributed by atoms with van der Waals surface area (Å²) in [5.41, 5.74) is 1.59. The Kier molecular flexibility index (Phi) is 4.23. The lowest BCUT2D eigenvalue weighted by molar-refractivity contribution is -0.120. The third-order valence-corrected chi connectivity index (χ3v) is 5.52. The Morgan fingerprint density at radius 2 is 2.12 bits per heavy atom. The van der Waals surface area contributed by atoms with E-state index in [9.17, 15) is 4.79 Å². The Morgan fingerprint density at radius 1 is 1.32 bits per heavy atom. The van der Waals surface area contributed by atoms with Gasteiger partial charge < -0.3 is 15.0 Å². The van der Waals surface area contributed by atoms with E-state index < -0.39 is 0 Å². The van der Waals surface area contributed by atoms with Gasteiger partial charge in [0.05, 0.1) is 17.7 Å². The molecule has 4 rings (SSSR count). The van der Waals surface area contributed by atoms with Crippen molar-refractivity contribution in [1.29, 1.82) is 0 Å². The van der Waals surface area contributed by atoms with Crippen LogP contribution in [0.1, 0.15) is 0 Å². The lowest BCUT2D eigenvalue weighted by atomic mass is 10.00. The van der Waals surface area contributed by atoms with Gasteiger partial charge in [0.15, 0.2) is 5.13 Å². The number of methoxy groups -OCH3 is 1. The molecule has 0 unspecified atom stereocenters. The van der Waals surface area contributed by atoms with Gasteiger partial charge in [-0.2, -0.15) is 0 Å². The standard InChI is InChI=1S/C18H16ClN3O2S/c1-24-14-6-3-7-15-16(14)21-18(25-15)22-9-11(10-22)17(23)20-13-5-2-4-12(19)8-13/h2-8,11H,9-10H2,1H3,(H,20,23). The summed E-state index contributed by atoms with van der Waals surface area (Å²) in [6.45, 7) is 1.32. The highest BCUT2D eigenvalue weighted by Crippen LogP contribution is 2.36. The van der Waals surface area contributed by atoms with E-state index in [1.807, 2.05) is 30.3 Å². The van der Waals surface area contributed by atoms with Gasteiger partial charge in [0.25, 0.3) is 0 Å². The van der Waals surface area contributed by atoms with Crippen LogP contribution >= 0.6 is 22.9 Å². The van der Waals surface area contributed by atoms with E-state index in [1.165, 1.54) is 0 Å². The van der Waals surface area contributed by atoms with Crippen molar-refractivity contribution in [2.75, 3.05) is 30.4 Å². The van der Waals surface area contributed by atoms with Gasteiger partial charge in [0.1, 0.15) is 11.3 Å². The van der Waals surface area contributed by atoms with Crippen molar-refractivity contribution in [2.45, 2.75) is 0 Å². The van der Waals surface area contributed by atoms with Gasteiger partial charge in [-0.05, 0) is 30.3 Å². The summed E-state index contributed by atoms with van der Waals surface area (Å²) in [6.07, 6.45) is 0. The minimum Gasteiger partial charge on any atom is -0.494 e. The van der Waals surface area contributed by atoms with Crippen molar-refractivity contribution in [3.05, 3.63) is 47.5 Å². The van der Waals surface area contributed by atoms with E-state index in [0.29, 0.717) is 18.1 Å². The van der Waals surface area contributed by atoms with Crippen molar-refractivity contribution < 1.29 is 9.53 Å². The molecule has 0 bridgehead atoms. The molecule has 1 aliphatic heterocycles. The second-order valence-electron chi connectivity index (χ2n) is 5.90. The summed E-state index contributed by atoms with van der Waals surface area (Å²) in [6, 6.07) is 13.1. The van der Waals surface area contributed by atoms with Crippen LogP contribution in [0.5, 0.6) is 5.75 Å². The summed E-state index contributed by atoms with van der Waals surface area (Å²) < 4.78 is 6.44. The predicted octanol–water partition coefficient (Wildman–Crippen LogP) is 4.03. The molecular weight excluding hydrogens is 358 g/mol. The lowest BCUT2D eigenvalue weighted by Crippen LogP contribution is -2.52. The molecule has 25 heavy (non-hydrogen) atoms. The average Bonchev–Trinajstić information content (AvgIpc) is 2.96. The third-order valence-electron chi connectivity index (χ3n) is 4.21.